The number of likely N-dealkylation sites (N-methyl/N-ethyl adjacent to an activating group) is 1. The summed E-state index contributed by atoms with van der Waals surface area (Å²) >= 11 is 12.3. The molecule has 1 aromatic carbocycles. The molecule has 1 aliphatic rings. The van der Waals surface area contributed by atoms with E-state index in [9.17, 15) is 0 Å². The second kappa shape index (κ2) is 7.49. The van der Waals surface area contributed by atoms with E-state index in [2.05, 4.69) is 23.2 Å². The van der Waals surface area contributed by atoms with Crippen LogP contribution in [0.1, 0.15) is 31.7 Å². The maximum absolute atomic E-state index is 6.26. The predicted molar refractivity (Wildman–Crippen MR) is 83.1 cm³/mol. The Morgan fingerprint density at radius 1 is 1.32 bits per heavy atom. The number of hydrogen-bond acceptors (Lipinski definition) is 2. The molecule has 2 rings (SSSR count). The third-order valence-corrected chi connectivity index (χ3v) is 4.62. The van der Waals surface area contributed by atoms with Gasteiger partial charge in [-0.2, -0.15) is 0 Å². The van der Waals surface area contributed by atoms with Gasteiger partial charge in [0.15, 0.2) is 0 Å². The highest BCUT2D eigenvalue weighted by Gasteiger charge is 2.16. The second-order valence-electron chi connectivity index (χ2n) is 5.19. The molecule has 1 N–H and O–H groups in total. The van der Waals surface area contributed by atoms with Gasteiger partial charge >= 0.3 is 0 Å². The van der Waals surface area contributed by atoms with Gasteiger partial charge in [-0.3, -0.25) is 4.90 Å². The topological polar surface area (TPSA) is 15.3 Å². The fourth-order valence-electron chi connectivity index (χ4n) is 2.61. The van der Waals surface area contributed by atoms with Crippen LogP contribution < -0.4 is 5.32 Å². The summed E-state index contributed by atoms with van der Waals surface area (Å²) in [6, 6.07) is 6.49. The third-order valence-electron chi connectivity index (χ3n) is 3.76. The zero-order chi connectivity index (χ0) is 13.7. The molecule has 1 fully saturated rings. The van der Waals surface area contributed by atoms with Crippen LogP contribution in [0.25, 0.3) is 0 Å². The Labute approximate surface area is 126 Å². The van der Waals surface area contributed by atoms with Gasteiger partial charge in [0, 0.05) is 19.1 Å². The molecule has 0 aliphatic carbocycles. The molecule has 1 unspecified atom stereocenters. The van der Waals surface area contributed by atoms with Crippen LogP contribution in [0, 0.1) is 0 Å². The molecule has 0 saturated carbocycles. The molecule has 0 amide bonds. The number of benzene rings is 1. The Bertz CT molecular complexity index is 403. The first-order valence-electron chi connectivity index (χ1n) is 7.09. The molecule has 1 aliphatic heterocycles. The normalized spacial score (nSPS) is 19.9. The first-order valence-corrected chi connectivity index (χ1v) is 7.85. The van der Waals surface area contributed by atoms with E-state index in [0.29, 0.717) is 16.1 Å². The summed E-state index contributed by atoms with van der Waals surface area (Å²) in [4.78, 5) is 2.43. The van der Waals surface area contributed by atoms with Crippen LogP contribution in [-0.2, 0) is 6.54 Å². The van der Waals surface area contributed by atoms with E-state index in [0.717, 1.165) is 31.7 Å². The lowest BCUT2D eigenvalue weighted by molar-refractivity contribution is 0.226. The number of hydrogen-bond donors (Lipinski definition) is 1. The molecule has 1 heterocycles. The van der Waals surface area contributed by atoms with Crippen molar-refractivity contribution in [1.29, 1.82) is 0 Å². The zero-order valence-electron chi connectivity index (χ0n) is 11.5. The van der Waals surface area contributed by atoms with Crippen molar-refractivity contribution in [3.05, 3.63) is 33.8 Å². The second-order valence-corrected chi connectivity index (χ2v) is 5.97. The van der Waals surface area contributed by atoms with Gasteiger partial charge in [0.1, 0.15) is 0 Å². The van der Waals surface area contributed by atoms with Crippen molar-refractivity contribution in [3.8, 4) is 0 Å². The molecule has 4 heteroatoms. The van der Waals surface area contributed by atoms with Crippen LogP contribution in [0.5, 0.6) is 0 Å². The van der Waals surface area contributed by atoms with Gasteiger partial charge in [-0.25, -0.2) is 0 Å². The van der Waals surface area contributed by atoms with E-state index in [1.165, 1.54) is 19.3 Å². The number of rotatable bonds is 5. The lowest BCUT2D eigenvalue weighted by Gasteiger charge is -2.30. The van der Waals surface area contributed by atoms with E-state index in [-0.39, 0.29) is 0 Å². The fourth-order valence-corrected chi connectivity index (χ4v) is 2.99. The Morgan fingerprint density at radius 3 is 2.84 bits per heavy atom. The lowest BCUT2D eigenvalue weighted by atomic mass is 10.0. The smallest absolute Gasteiger partial charge is 0.0637 e. The van der Waals surface area contributed by atoms with Gasteiger partial charge in [-0.1, -0.05) is 48.7 Å². The Morgan fingerprint density at radius 2 is 2.16 bits per heavy atom. The van der Waals surface area contributed by atoms with Gasteiger partial charge < -0.3 is 5.32 Å². The zero-order valence-corrected chi connectivity index (χ0v) is 13.0. The van der Waals surface area contributed by atoms with Crippen molar-refractivity contribution in [2.75, 3.05) is 19.6 Å². The lowest BCUT2D eigenvalue weighted by Crippen LogP contribution is -2.43. The molecular weight excluding hydrogens is 279 g/mol. The SMILES string of the molecule is CCN(Cc1cccc(Cl)c1Cl)CC1CCCCN1. The Kier molecular flexibility index (Phi) is 5.96. The maximum atomic E-state index is 6.26. The first kappa shape index (κ1) is 15.1. The average Bonchev–Trinajstić information content (AvgIpc) is 2.44. The highest BCUT2D eigenvalue weighted by Crippen LogP contribution is 2.26. The highest BCUT2D eigenvalue weighted by molar-refractivity contribution is 6.42. The van der Waals surface area contributed by atoms with Crippen molar-refractivity contribution in [1.82, 2.24) is 10.2 Å². The molecule has 0 radical (unpaired) electrons. The summed E-state index contributed by atoms with van der Waals surface area (Å²) in [7, 11) is 0. The van der Waals surface area contributed by atoms with E-state index >= 15 is 0 Å². The van der Waals surface area contributed by atoms with Gasteiger partial charge in [0.25, 0.3) is 0 Å². The Balaban J connectivity index is 1.96. The highest BCUT2D eigenvalue weighted by atomic mass is 35.5. The molecule has 0 aromatic heterocycles. The molecule has 2 nitrogen and oxygen atoms in total. The minimum Gasteiger partial charge on any atom is -0.313 e. The van der Waals surface area contributed by atoms with Crippen LogP contribution >= 0.6 is 23.2 Å². The molecule has 0 spiro atoms. The van der Waals surface area contributed by atoms with Crippen LogP contribution in [0.4, 0.5) is 0 Å². The van der Waals surface area contributed by atoms with Gasteiger partial charge in [0.05, 0.1) is 10.0 Å². The molecule has 1 atom stereocenters. The fraction of sp³-hybridized carbons (Fsp3) is 0.600. The maximum Gasteiger partial charge on any atom is 0.0637 e. The van der Waals surface area contributed by atoms with Gasteiger partial charge in [-0.05, 0) is 37.6 Å². The minimum absolute atomic E-state index is 0.617. The van der Waals surface area contributed by atoms with Gasteiger partial charge in [-0.15, -0.1) is 0 Å². The summed E-state index contributed by atoms with van der Waals surface area (Å²) in [5.74, 6) is 0. The van der Waals surface area contributed by atoms with Crippen molar-refractivity contribution >= 4 is 23.2 Å². The Hall–Kier alpha value is -0.280. The largest absolute Gasteiger partial charge is 0.313 e. The van der Waals surface area contributed by atoms with Crippen molar-refractivity contribution < 1.29 is 0 Å². The van der Waals surface area contributed by atoms with Crippen LogP contribution in [0.2, 0.25) is 10.0 Å². The first-order chi connectivity index (χ1) is 9.20. The quantitative estimate of drug-likeness (QED) is 0.885. The van der Waals surface area contributed by atoms with E-state index in [1.807, 2.05) is 12.1 Å². The monoisotopic (exact) mass is 300 g/mol. The van der Waals surface area contributed by atoms with Crippen LogP contribution in [-0.4, -0.2) is 30.6 Å². The van der Waals surface area contributed by atoms with Crippen molar-refractivity contribution in [3.63, 3.8) is 0 Å². The minimum atomic E-state index is 0.617. The van der Waals surface area contributed by atoms with Crippen LogP contribution in [0.15, 0.2) is 18.2 Å². The van der Waals surface area contributed by atoms with Gasteiger partial charge in [0.2, 0.25) is 0 Å². The van der Waals surface area contributed by atoms with Crippen molar-refractivity contribution in [2.24, 2.45) is 0 Å². The summed E-state index contributed by atoms with van der Waals surface area (Å²) in [6.45, 7) is 6.33. The number of halogens is 2. The molecule has 0 bridgehead atoms. The average molecular weight is 301 g/mol. The molecule has 1 aromatic rings. The molecule has 19 heavy (non-hydrogen) atoms. The summed E-state index contributed by atoms with van der Waals surface area (Å²) < 4.78 is 0. The van der Waals surface area contributed by atoms with E-state index in [4.69, 9.17) is 23.2 Å². The summed E-state index contributed by atoms with van der Waals surface area (Å²) in [5.41, 5.74) is 1.12. The van der Waals surface area contributed by atoms with Crippen LogP contribution in [0.3, 0.4) is 0 Å². The third kappa shape index (κ3) is 4.35. The molecule has 106 valence electrons. The summed E-state index contributed by atoms with van der Waals surface area (Å²) in [6.07, 6.45) is 3.93. The van der Waals surface area contributed by atoms with E-state index < -0.39 is 0 Å². The number of nitrogens with zero attached hydrogens (tertiary/aromatic N) is 1. The predicted octanol–water partition coefficient (Wildman–Crippen LogP) is 3.96. The standard InChI is InChI=1S/C15H22Cl2N2/c1-2-19(11-13-7-3-4-9-18-13)10-12-6-5-8-14(16)15(12)17/h5-6,8,13,18H,2-4,7,9-11H2,1H3. The summed E-state index contributed by atoms with van der Waals surface area (Å²) in [5, 5.41) is 4.93. The van der Waals surface area contributed by atoms with E-state index in [1.54, 1.807) is 0 Å². The number of piperidine rings is 1. The molecular formula is C15H22Cl2N2. The molecule has 1 saturated heterocycles. The number of nitrogens with one attached hydrogen (secondary N) is 1. The van der Waals surface area contributed by atoms with Crippen molar-refractivity contribution in [2.45, 2.75) is 38.8 Å².